The van der Waals surface area contributed by atoms with E-state index in [0.29, 0.717) is 13.1 Å². The Labute approximate surface area is 176 Å². The van der Waals surface area contributed by atoms with Gasteiger partial charge in [0.2, 0.25) is 0 Å². The summed E-state index contributed by atoms with van der Waals surface area (Å²) in [5.41, 5.74) is 5.71. The summed E-state index contributed by atoms with van der Waals surface area (Å²) in [6, 6.07) is 26.2. The van der Waals surface area contributed by atoms with E-state index in [9.17, 15) is 5.11 Å². The minimum Gasteiger partial charge on any atom is -0.387 e. The topological polar surface area (TPSA) is 37.2 Å². The number of halogens is 1. The van der Waals surface area contributed by atoms with Crippen molar-refractivity contribution >= 4 is 22.5 Å². The molecule has 0 aliphatic rings. The smallest absolute Gasteiger partial charge is 0.0914 e. The SMILES string of the molecule is Cc1c(CNC[C@@H](O)c2ccccc2)c2ccccc2n1Cc1ccccc1Cl. The standard InChI is InChI=1S/C25H25ClN2O/c1-18-22(15-27-16-25(29)19-9-3-2-4-10-19)21-12-6-8-14-24(21)28(18)17-20-11-5-7-13-23(20)26/h2-14,25,27,29H,15-17H2,1H3/t25-/m1/s1. The van der Waals surface area contributed by atoms with E-state index < -0.39 is 6.10 Å². The molecule has 0 spiro atoms. The second-order valence-electron chi connectivity index (χ2n) is 7.32. The zero-order valence-corrected chi connectivity index (χ0v) is 17.2. The first-order valence-corrected chi connectivity index (χ1v) is 10.3. The van der Waals surface area contributed by atoms with Gasteiger partial charge in [0, 0.05) is 41.3 Å². The number of fused-ring (bicyclic) bond motifs is 1. The van der Waals surface area contributed by atoms with Gasteiger partial charge in [0.1, 0.15) is 0 Å². The molecule has 0 amide bonds. The number of aliphatic hydroxyl groups excluding tert-OH is 1. The third-order valence-corrected chi connectivity index (χ3v) is 5.84. The van der Waals surface area contributed by atoms with Gasteiger partial charge in [0.15, 0.2) is 0 Å². The van der Waals surface area contributed by atoms with Gasteiger partial charge in [-0.05, 0) is 35.7 Å². The summed E-state index contributed by atoms with van der Waals surface area (Å²) in [6.07, 6.45) is -0.520. The Morgan fingerprint density at radius 1 is 0.931 bits per heavy atom. The highest BCUT2D eigenvalue weighted by atomic mass is 35.5. The monoisotopic (exact) mass is 404 g/mol. The molecule has 0 fully saturated rings. The van der Waals surface area contributed by atoms with E-state index in [1.54, 1.807) is 0 Å². The number of rotatable bonds is 7. The predicted octanol–water partition coefficient (Wildman–Crippen LogP) is 5.47. The quantitative estimate of drug-likeness (QED) is 0.428. The number of aliphatic hydroxyl groups is 1. The molecular weight excluding hydrogens is 380 g/mol. The Bertz CT molecular complexity index is 1100. The molecule has 3 nitrogen and oxygen atoms in total. The van der Waals surface area contributed by atoms with Gasteiger partial charge in [-0.15, -0.1) is 0 Å². The van der Waals surface area contributed by atoms with E-state index in [0.717, 1.165) is 22.7 Å². The van der Waals surface area contributed by atoms with Crippen molar-refractivity contribution in [3.8, 4) is 0 Å². The van der Waals surface area contributed by atoms with Gasteiger partial charge in [-0.25, -0.2) is 0 Å². The fourth-order valence-electron chi connectivity index (χ4n) is 3.85. The van der Waals surface area contributed by atoms with Crippen LogP contribution >= 0.6 is 11.6 Å². The number of hydrogen-bond donors (Lipinski definition) is 2. The number of benzene rings is 3. The van der Waals surface area contributed by atoms with Gasteiger partial charge >= 0.3 is 0 Å². The van der Waals surface area contributed by atoms with E-state index in [2.05, 4.69) is 47.1 Å². The molecule has 2 N–H and O–H groups in total. The van der Waals surface area contributed by atoms with E-state index in [1.807, 2.05) is 48.5 Å². The van der Waals surface area contributed by atoms with Crippen LogP contribution in [0.3, 0.4) is 0 Å². The van der Waals surface area contributed by atoms with Crippen LogP contribution in [0.5, 0.6) is 0 Å². The van der Waals surface area contributed by atoms with E-state index in [-0.39, 0.29) is 0 Å². The Balaban J connectivity index is 1.57. The minimum atomic E-state index is -0.520. The van der Waals surface area contributed by atoms with Gasteiger partial charge in [-0.3, -0.25) is 0 Å². The lowest BCUT2D eigenvalue weighted by Gasteiger charge is -2.13. The van der Waals surface area contributed by atoms with Gasteiger partial charge in [-0.1, -0.05) is 78.3 Å². The molecular formula is C25H25ClN2O. The number of aromatic nitrogens is 1. The Morgan fingerprint density at radius 3 is 2.41 bits per heavy atom. The lowest BCUT2D eigenvalue weighted by atomic mass is 10.1. The molecule has 0 unspecified atom stereocenters. The van der Waals surface area contributed by atoms with Crippen LogP contribution in [0.15, 0.2) is 78.9 Å². The lowest BCUT2D eigenvalue weighted by Crippen LogP contribution is -2.21. The molecule has 4 heteroatoms. The molecule has 29 heavy (non-hydrogen) atoms. The zero-order chi connectivity index (χ0) is 20.2. The fourth-order valence-corrected chi connectivity index (χ4v) is 4.05. The molecule has 1 atom stereocenters. The molecule has 4 aromatic rings. The average Bonchev–Trinajstić information content (AvgIpc) is 3.02. The van der Waals surface area contributed by atoms with Crippen LogP contribution in [0.4, 0.5) is 0 Å². The normalized spacial score (nSPS) is 12.4. The highest BCUT2D eigenvalue weighted by Gasteiger charge is 2.15. The number of hydrogen-bond acceptors (Lipinski definition) is 2. The van der Waals surface area contributed by atoms with Crippen LogP contribution in [-0.4, -0.2) is 16.2 Å². The van der Waals surface area contributed by atoms with Crippen molar-refractivity contribution in [2.75, 3.05) is 6.54 Å². The Kier molecular flexibility index (Phi) is 6.00. The first-order valence-electron chi connectivity index (χ1n) is 9.89. The summed E-state index contributed by atoms with van der Waals surface area (Å²) in [4.78, 5) is 0. The van der Waals surface area contributed by atoms with E-state index in [4.69, 9.17) is 11.6 Å². The van der Waals surface area contributed by atoms with Crippen molar-refractivity contribution in [1.82, 2.24) is 9.88 Å². The highest BCUT2D eigenvalue weighted by molar-refractivity contribution is 6.31. The highest BCUT2D eigenvalue weighted by Crippen LogP contribution is 2.28. The lowest BCUT2D eigenvalue weighted by molar-refractivity contribution is 0.174. The molecule has 0 aliphatic carbocycles. The van der Waals surface area contributed by atoms with Crippen molar-refractivity contribution < 1.29 is 5.11 Å². The average molecular weight is 405 g/mol. The molecule has 0 saturated carbocycles. The van der Waals surface area contributed by atoms with Crippen molar-refractivity contribution in [3.05, 3.63) is 106 Å². The van der Waals surface area contributed by atoms with Crippen molar-refractivity contribution in [3.63, 3.8) is 0 Å². The third-order valence-electron chi connectivity index (χ3n) is 5.47. The zero-order valence-electron chi connectivity index (χ0n) is 16.5. The fraction of sp³-hybridized carbons (Fsp3) is 0.200. The predicted molar refractivity (Wildman–Crippen MR) is 120 cm³/mol. The van der Waals surface area contributed by atoms with E-state index in [1.165, 1.54) is 22.2 Å². The molecule has 0 radical (unpaired) electrons. The van der Waals surface area contributed by atoms with Crippen LogP contribution in [-0.2, 0) is 13.1 Å². The third kappa shape index (κ3) is 4.23. The van der Waals surface area contributed by atoms with Crippen molar-refractivity contribution in [2.24, 2.45) is 0 Å². The number of nitrogens with zero attached hydrogens (tertiary/aromatic N) is 1. The Hall–Kier alpha value is -2.59. The minimum absolute atomic E-state index is 0.507. The molecule has 0 aliphatic heterocycles. The summed E-state index contributed by atoms with van der Waals surface area (Å²) in [6.45, 7) is 4.10. The molecule has 1 heterocycles. The second kappa shape index (κ2) is 8.83. The molecule has 1 aromatic heterocycles. The van der Waals surface area contributed by atoms with Gasteiger partial charge in [0.25, 0.3) is 0 Å². The van der Waals surface area contributed by atoms with E-state index >= 15 is 0 Å². The van der Waals surface area contributed by atoms with Gasteiger partial charge < -0.3 is 15.0 Å². The van der Waals surface area contributed by atoms with Crippen LogP contribution in [0.25, 0.3) is 10.9 Å². The maximum atomic E-state index is 10.4. The van der Waals surface area contributed by atoms with Gasteiger partial charge in [0.05, 0.1) is 6.10 Å². The molecule has 0 saturated heterocycles. The van der Waals surface area contributed by atoms with Crippen LogP contribution < -0.4 is 5.32 Å². The Morgan fingerprint density at radius 2 is 1.62 bits per heavy atom. The van der Waals surface area contributed by atoms with Crippen molar-refractivity contribution in [2.45, 2.75) is 26.1 Å². The van der Waals surface area contributed by atoms with Crippen LogP contribution in [0.1, 0.15) is 28.5 Å². The molecule has 4 rings (SSSR count). The summed E-state index contributed by atoms with van der Waals surface area (Å²) in [7, 11) is 0. The maximum absolute atomic E-state index is 10.4. The maximum Gasteiger partial charge on any atom is 0.0914 e. The second-order valence-corrected chi connectivity index (χ2v) is 7.72. The number of para-hydroxylation sites is 1. The molecule has 148 valence electrons. The number of nitrogens with one attached hydrogen (secondary N) is 1. The summed E-state index contributed by atoms with van der Waals surface area (Å²) >= 11 is 6.41. The molecule has 0 bridgehead atoms. The van der Waals surface area contributed by atoms with Crippen LogP contribution in [0.2, 0.25) is 5.02 Å². The summed E-state index contributed by atoms with van der Waals surface area (Å²) < 4.78 is 2.32. The first kappa shape index (κ1) is 19.7. The largest absolute Gasteiger partial charge is 0.387 e. The summed E-state index contributed by atoms with van der Waals surface area (Å²) in [5.74, 6) is 0. The van der Waals surface area contributed by atoms with Crippen molar-refractivity contribution in [1.29, 1.82) is 0 Å². The summed E-state index contributed by atoms with van der Waals surface area (Å²) in [5, 5.41) is 15.9. The van der Waals surface area contributed by atoms with Gasteiger partial charge in [-0.2, -0.15) is 0 Å². The first-order chi connectivity index (χ1) is 14.1. The van der Waals surface area contributed by atoms with Crippen LogP contribution in [0, 0.1) is 6.92 Å². The molecule has 3 aromatic carbocycles.